The van der Waals surface area contributed by atoms with Gasteiger partial charge in [-0.25, -0.2) is 0 Å². The molecule has 0 saturated heterocycles. The third-order valence-corrected chi connectivity index (χ3v) is 2.97. The Morgan fingerprint density at radius 2 is 2.13 bits per heavy atom. The van der Waals surface area contributed by atoms with Crippen molar-refractivity contribution in [2.45, 2.75) is 26.8 Å². The van der Waals surface area contributed by atoms with E-state index < -0.39 is 0 Å². The normalized spacial score (nSPS) is 11.1. The zero-order chi connectivity index (χ0) is 10.8. The molecule has 2 rings (SSSR count). The smallest absolute Gasteiger partial charge is 0.0485 e. The van der Waals surface area contributed by atoms with Crippen molar-refractivity contribution in [3.05, 3.63) is 35.5 Å². The maximum Gasteiger partial charge on any atom is 0.0485 e. The second-order valence-corrected chi connectivity index (χ2v) is 3.93. The minimum atomic E-state index is 0.718. The minimum Gasteiger partial charge on any atom is -0.345 e. The van der Waals surface area contributed by atoms with E-state index in [1.54, 1.807) is 0 Å². The third-order valence-electron chi connectivity index (χ3n) is 2.97. The van der Waals surface area contributed by atoms with Gasteiger partial charge in [0.2, 0.25) is 0 Å². The predicted octanol–water partition coefficient (Wildman–Crippen LogP) is 2.47. The Hall–Kier alpha value is -1.28. The molecule has 0 atom stereocenters. The van der Waals surface area contributed by atoms with Crippen molar-refractivity contribution >= 4 is 10.9 Å². The molecular formula is C13H18N2. The fraction of sp³-hybridized carbons (Fsp3) is 0.385. The number of fused-ring (bicyclic) bond motifs is 1. The molecule has 0 amide bonds. The first-order chi connectivity index (χ1) is 7.27. The molecule has 15 heavy (non-hydrogen) atoms. The van der Waals surface area contributed by atoms with E-state index in [2.05, 4.69) is 42.7 Å². The summed E-state index contributed by atoms with van der Waals surface area (Å²) in [4.78, 5) is 0. The van der Waals surface area contributed by atoms with Crippen molar-refractivity contribution in [3.63, 3.8) is 0 Å². The molecule has 1 aromatic carbocycles. The first-order valence-corrected chi connectivity index (χ1v) is 5.55. The molecule has 0 saturated carbocycles. The molecular weight excluding hydrogens is 184 g/mol. The maximum atomic E-state index is 5.63. The second-order valence-electron chi connectivity index (χ2n) is 3.93. The van der Waals surface area contributed by atoms with Crippen LogP contribution in [0.5, 0.6) is 0 Å². The fourth-order valence-electron chi connectivity index (χ4n) is 2.22. The summed E-state index contributed by atoms with van der Waals surface area (Å²) in [6.07, 6.45) is 0.960. The quantitative estimate of drug-likeness (QED) is 0.814. The molecule has 0 radical (unpaired) electrons. The van der Waals surface area contributed by atoms with Gasteiger partial charge < -0.3 is 10.3 Å². The highest BCUT2D eigenvalue weighted by molar-refractivity contribution is 5.84. The monoisotopic (exact) mass is 202 g/mol. The predicted molar refractivity (Wildman–Crippen MR) is 65.1 cm³/mol. The van der Waals surface area contributed by atoms with Crippen LogP contribution in [-0.4, -0.2) is 11.1 Å². The molecule has 2 nitrogen and oxygen atoms in total. The van der Waals surface area contributed by atoms with Gasteiger partial charge >= 0.3 is 0 Å². The van der Waals surface area contributed by atoms with Gasteiger partial charge in [-0.05, 0) is 44.5 Å². The van der Waals surface area contributed by atoms with Crippen molar-refractivity contribution in [1.29, 1.82) is 0 Å². The van der Waals surface area contributed by atoms with Crippen LogP contribution in [0.3, 0.4) is 0 Å². The number of nitrogens with two attached hydrogens (primary N) is 1. The molecule has 2 heteroatoms. The summed E-state index contributed by atoms with van der Waals surface area (Å²) in [6.45, 7) is 6.08. The van der Waals surface area contributed by atoms with Crippen molar-refractivity contribution in [3.8, 4) is 0 Å². The van der Waals surface area contributed by atoms with E-state index in [-0.39, 0.29) is 0 Å². The first kappa shape index (κ1) is 10.2. The summed E-state index contributed by atoms with van der Waals surface area (Å²) < 4.78 is 2.36. The maximum absolute atomic E-state index is 5.63. The molecule has 0 aliphatic carbocycles. The topological polar surface area (TPSA) is 30.9 Å². The van der Waals surface area contributed by atoms with E-state index in [9.17, 15) is 0 Å². The van der Waals surface area contributed by atoms with Gasteiger partial charge in [0.15, 0.2) is 0 Å². The Balaban J connectivity index is 2.67. The lowest BCUT2D eigenvalue weighted by atomic mass is 10.1. The number of hydrogen-bond donors (Lipinski definition) is 1. The van der Waals surface area contributed by atoms with Gasteiger partial charge in [0.25, 0.3) is 0 Å². The molecule has 0 spiro atoms. The summed E-state index contributed by atoms with van der Waals surface area (Å²) in [5.74, 6) is 0. The van der Waals surface area contributed by atoms with Crippen LogP contribution in [0, 0.1) is 6.92 Å². The molecule has 0 aliphatic rings. The van der Waals surface area contributed by atoms with Crippen molar-refractivity contribution in [1.82, 2.24) is 4.57 Å². The van der Waals surface area contributed by atoms with Crippen LogP contribution in [0.25, 0.3) is 10.9 Å². The van der Waals surface area contributed by atoms with Crippen LogP contribution in [0.4, 0.5) is 0 Å². The van der Waals surface area contributed by atoms with E-state index in [1.165, 1.54) is 22.2 Å². The molecule has 0 bridgehead atoms. The van der Waals surface area contributed by atoms with E-state index in [4.69, 9.17) is 5.73 Å². The van der Waals surface area contributed by atoms with Gasteiger partial charge in [-0.2, -0.15) is 0 Å². The summed E-state index contributed by atoms with van der Waals surface area (Å²) in [7, 11) is 0. The van der Waals surface area contributed by atoms with Gasteiger partial charge in [-0.15, -0.1) is 0 Å². The standard InChI is InChI=1S/C13H18N2/c1-3-15-11(7-8-14)9-12-10(2)5-4-6-13(12)15/h4-6,9H,3,7-8,14H2,1-2H3. The van der Waals surface area contributed by atoms with Gasteiger partial charge in [0, 0.05) is 23.1 Å². The summed E-state index contributed by atoms with van der Waals surface area (Å²) >= 11 is 0. The first-order valence-electron chi connectivity index (χ1n) is 5.55. The Morgan fingerprint density at radius 3 is 2.80 bits per heavy atom. The van der Waals surface area contributed by atoms with Gasteiger partial charge in [0.05, 0.1) is 0 Å². The Labute approximate surface area is 90.7 Å². The van der Waals surface area contributed by atoms with Crippen LogP contribution in [0.2, 0.25) is 0 Å². The van der Waals surface area contributed by atoms with Crippen molar-refractivity contribution in [2.75, 3.05) is 6.54 Å². The number of rotatable bonds is 3. The molecule has 2 aromatic rings. The van der Waals surface area contributed by atoms with Crippen LogP contribution >= 0.6 is 0 Å². The lowest BCUT2D eigenvalue weighted by Gasteiger charge is -2.06. The van der Waals surface area contributed by atoms with Crippen LogP contribution in [-0.2, 0) is 13.0 Å². The molecule has 1 heterocycles. The SMILES string of the molecule is CCn1c(CCN)cc2c(C)cccc21. The molecule has 0 aliphatic heterocycles. The number of nitrogens with zero attached hydrogens (tertiary/aromatic N) is 1. The zero-order valence-corrected chi connectivity index (χ0v) is 9.46. The van der Waals surface area contributed by atoms with E-state index in [0.29, 0.717) is 0 Å². The molecule has 2 N–H and O–H groups in total. The van der Waals surface area contributed by atoms with Gasteiger partial charge in [-0.3, -0.25) is 0 Å². The lowest BCUT2D eigenvalue weighted by Crippen LogP contribution is -2.07. The van der Waals surface area contributed by atoms with Crippen LogP contribution in [0.15, 0.2) is 24.3 Å². The molecule has 1 aromatic heterocycles. The summed E-state index contributed by atoms with van der Waals surface area (Å²) in [5, 5.41) is 1.36. The van der Waals surface area contributed by atoms with Crippen LogP contribution < -0.4 is 5.73 Å². The highest BCUT2D eigenvalue weighted by Gasteiger charge is 2.07. The number of hydrogen-bond acceptors (Lipinski definition) is 1. The Kier molecular flexibility index (Phi) is 2.78. The second kappa shape index (κ2) is 4.07. The van der Waals surface area contributed by atoms with Gasteiger partial charge in [0.1, 0.15) is 0 Å². The number of benzene rings is 1. The largest absolute Gasteiger partial charge is 0.345 e. The van der Waals surface area contributed by atoms with Gasteiger partial charge in [-0.1, -0.05) is 12.1 Å². The Morgan fingerprint density at radius 1 is 1.33 bits per heavy atom. The van der Waals surface area contributed by atoms with E-state index in [0.717, 1.165) is 19.5 Å². The highest BCUT2D eigenvalue weighted by atomic mass is 15.0. The fourth-order valence-corrected chi connectivity index (χ4v) is 2.22. The van der Waals surface area contributed by atoms with Crippen molar-refractivity contribution in [2.24, 2.45) is 5.73 Å². The average Bonchev–Trinajstić information content (AvgIpc) is 2.58. The average molecular weight is 202 g/mol. The molecule has 0 unspecified atom stereocenters. The zero-order valence-electron chi connectivity index (χ0n) is 9.46. The van der Waals surface area contributed by atoms with Crippen LogP contribution in [0.1, 0.15) is 18.2 Å². The summed E-state index contributed by atoms with van der Waals surface area (Å²) in [5.41, 5.74) is 9.66. The molecule has 0 fully saturated rings. The third kappa shape index (κ3) is 1.65. The van der Waals surface area contributed by atoms with E-state index >= 15 is 0 Å². The number of aryl methyl sites for hydroxylation is 2. The highest BCUT2D eigenvalue weighted by Crippen LogP contribution is 2.23. The summed E-state index contributed by atoms with van der Waals surface area (Å²) in [6, 6.07) is 8.75. The number of aromatic nitrogens is 1. The molecule has 80 valence electrons. The van der Waals surface area contributed by atoms with E-state index in [1.807, 2.05) is 0 Å². The Bertz CT molecular complexity index is 469. The lowest BCUT2D eigenvalue weighted by molar-refractivity contribution is 0.732. The minimum absolute atomic E-state index is 0.718. The van der Waals surface area contributed by atoms with Crippen molar-refractivity contribution < 1.29 is 0 Å².